The maximum Gasteiger partial charge on any atom is 0.222 e. The molecule has 0 aliphatic carbocycles. The number of hydrogen-bond donors (Lipinski definition) is 1. The van der Waals surface area contributed by atoms with Crippen molar-refractivity contribution >= 4 is 5.91 Å². The van der Waals surface area contributed by atoms with Gasteiger partial charge in [0.2, 0.25) is 5.91 Å². The van der Waals surface area contributed by atoms with E-state index in [1.807, 2.05) is 30.3 Å². The van der Waals surface area contributed by atoms with Crippen LogP contribution in [-0.2, 0) is 16.0 Å². The van der Waals surface area contributed by atoms with Gasteiger partial charge in [-0.3, -0.25) is 4.79 Å². The van der Waals surface area contributed by atoms with Crippen LogP contribution in [0.15, 0.2) is 30.3 Å². The molecule has 1 aliphatic rings. The first-order chi connectivity index (χ1) is 9.59. The van der Waals surface area contributed by atoms with Gasteiger partial charge in [-0.05, 0) is 12.0 Å². The minimum absolute atomic E-state index is 0.0776. The molecule has 1 aliphatic heterocycles. The predicted molar refractivity (Wildman–Crippen MR) is 77.4 cm³/mol. The van der Waals surface area contributed by atoms with Gasteiger partial charge in [-0.25, -0.2) is 0 Å². The molecule has 1 aromatic carbocycles. The Kier molecular flexibility index (Phi) is 5.15. The van der Waals surface area contributed by atoms with E-state index in [0.717, 1.165) is 6.42 Å². The van der Waals surface area contributed by atoms with Gasteiger partial charge in [0.15, 0.2) is 0 Å². The molecule has 0 aromatic heterocycles. The SMILES string of the molecule is CN(CC1(O)CCOCC1)C(=O)CCc1ccccc1. The Morgan fingerprint density at radius 3 is 2.60 bits per heavy atom. The normalized spacial score (nSPS) is 17.7. The lowest BCUT2D eigenvalue weighted by Crippen LogP contribution is -2.47. The van der Waals surface area contributed by atoms with E-state index in [1.165, 1.54) is 5.56 Å². The van der Waals surface area contributed by atoms with Crippen LogP contribution in [0.5, 0.6) is 0 Å². The van der Waals surface area contributed by atoms with Gasteiger partial charge in [0, 0.05) is 46.1 Å². The van der Waals surface area contributed by atoms with Gasteiger partial charge in [-0.1, -0.05) is 30.3 Å². The van der Waals surface area contributed by atoms with E-state index >= 15 is 0 Å². The summed E-state index contributed by atoms with van der Waals surface area (Å²) < 4.78 is 5.25. The van der Waals surface area contributed by atoms with E-state index in [0.29, 0.717) is 39.0 Å². The standard InChI is InChI=1S/C16H23NO3/c1-17(13-16(19)9-11-20-12-10-16)15(18)8-7-14-5-3-2-4-6-14/h2-6,19H,7-13H2,1H3. The molecule has 0 saturated carbocycles. The number of hydrogen-bond acceptors (Lipinski definition) is 3. The highest BCUT2D eigenvalue weighted by Crippen LogP contribution is 2.21. The smallest absolute Gasteiger partial charge is 0.222 e. The molecule has 0 bridgehead atoms. The van der Waals surface area contributed by atoms with Crippen LogP contribution in [0.1, 0.15) is 24.8 Å². The Bertz CT molecular complexity index is 427. The molecular weight excluding hydrogens is 254 g/mol. The first-order valence-electron chi connectivity index (χ1n) is 7.17. The summed E-state index contributed by atoms with van der Waals surface area (Å²) in [6, 6.07) is 9.99. The van der Waals surface area contributed by atoms with E-state index in [1.54, 1.807) is 11.9 Å². The van der Waals surface area contributed by atoms with Crippen molar-refractivity contribution in [2.75, 3.05) is 26.8 Å². The number of rotatable bonds is 5. The van der Waals surface area contributed by atoms with E-state index in [9.17, 15) is 9.90 Å². The Morgan fingerprint density at radius 2 is 1.95 bits per heavy atom. The molecule has 0 atom stereocenters. The molecule has 1 N–H and O–H groups in total. The van der Waals surface area contributed by atoms with Gasteiger partial charge < -0.3 is 14.7 Å². The average Bonchev–Trinajstić information content (AvgIpc) is 2.46. The predicted octanol–water partition coefficient (Wildman–Crippen LogP) is 1.62. The summed E-state index contributed by atoms with van der Waals surface area (Å²) >= 11 is 0. The van der Waals surface area contributed by atoms with Crippen LogP contribution in [-0.4, -0.2) is 48.3 Å². The largest absolute Gasteiger partial charge is 0.388 e. The summed E-state index contributed by atoms with van der Waals surface area (Å²) in [5, 5.41) is 10.4. The van der Waals surface area contributed by atoms with Gasteiger partial charge in [0.1, 0.15) is 0 Å². The summed E-state index contributed by atoms with van der Waals surface area (Å²) in [4.78, 5) is 13.8. The molecule has 4 heteroatoms. The third-order valence-electron chi connectivity index (χ3n) is 3.85. The number of carbonyl (C=O) groups excluding carboxylic acids is 1. The monoisotopic (exact) mass is 277 g/mol. The Labute approximate surface area is 120 Å². The molecule has 1 amide bonds. The van der Waals surface area contributed by atoms with Crippen molar-refractivity contribution in [1.82, 2.24) is 4.90 Å². The number of carbonyl (C=O) groups is 1. The summed E-state index contributed by atoms with van der Waals surface area (Å²) in [5.74, 6) is 0.0776. The van der Waals surface area contributed by atoms with Crippen molar-refractivity contribution < 1.29 is 14.6 Å². The van der Waals surface area contributed by atoms with Crippen molar-refractivity contribution in [3.8, 4) is 0 Å². The minimum atomic E-state index is -0.782. The van der Waals surface area contributed by atoms with Crippen molar-refractivity contribution in [3.63, 3.8) is 0 Å². The zero-order valence-electron chi connectivity index (χ0n) is 12.0. The van der Waals surface area contributed by atoms with Crippen LogP contribution in [0.4, 0.5) is 0 Å². The lowest BCUT2D eigenvalue weighted by molar-refractivity contribution is -0.136. The molecular formula is C16H23NO3. The van der Waals surface area contributed by atoms with Gasteiger partial charge in [-0.2, -0.15) is 0 Å². The van der Waals surface area contributed by atoms with Crippen LogP contribution in [0.2, 0.25) is 0 Å². The quantitative estimate of drug-likeness (QED) is 0.889. The summed E-state index contributed by atoms with van der Waals surface area (Å²) in [6.45, 7) is 1.54. The van der Waals surface area contributed by atoms with E-state index in [-0.39, 0.29) is 5.91 Å². The second kappa shape index (κ2) is 6.86. The fraction of sp³-hybridized carbons (Fsp3) is 0.562. The fourth-order valence-electron chi connectivity index (χ4n) is 2.53. The molecule has 1 saturated heterocycles. The lowest BCUT2D eigenvalue weighted by atomic mass is 9.94. The van der Waals surface area contributed by atoms with Crippen molar-refractivity contribution in [2.45, 2.75) is 31.3 Å². The van der Waals surface area contributed by atoms with Gasteiger partial charge >= 0.3 is 0 Å². The van der Waals surface area contributed by atoms with Crippen LogP contribution in [0.3, 0.4) is 0 Å². The summed E-state index contributed by atoms with van der Waals surface area (Å²) in [5.41, 5.74) is 0.383. The molecule has 1 heterocycles. The average molecular weight is 277 g/mol. The Hall–Kier alpha value is -1.39. The first kappa shape index (κ1) is 15.0. The van der Waals surface area contributed by atoms with Crippen LogP contribution < -0.4 is 0 Å². The highest BCUT2D eigenvalue weighted by molar-refractivity contribution is 5.76. The topological polar surface area (TPSA) is 49.8 Å². The fourth-order valence-corrected chi connectivity index (χ4v) is 2.53. The van der Waals surface area contributed by atoms with Gasteiger partial charge in [-0.15, -0.1) is 0 Å². The number of nitrogens with zero attached hydrogens (tertiary/aromatic N) is 1. The third kappa shape index (κ3) is 4.32. The highest BCUT2D eigenvalue weighted by Gasteiger charge is 2.32. The third-order valence-corrected chi connectivity index (χ3v) is 3.85. The number of amides is 1. The molecule has 110 valence electrons. The van der Waals surface area contributed by atoms with Crippen LogP contribution in [0.25, 0.3) is 0 Å². The second-order valence-corrected chi connectivity index (χ2v) is 5.57. The van der Waals surface area contributed by atoms with Crippen molar-refractivity contribution in [2.24, 2.45) is 0 Å². The lowest BCUT2D eigenvalue weighted by Gasteiger charge is -2.35. The van der Waals surface area contributed by atoms with Gasteiger partial charge in [0.25, 0.3) is 0 Å². The zero-order chi connectivity index (χ0) is 14.4. The number of ether oxygens (including phenoxy) is 1. The molecule has 0 spiro atoms. The highest BCUT2D eigenvalue weighted by atomic mass is 16.5. The zero-order valence-corrected chi connectivity index (χ0v) is 12.0. The number of aryl methyl sites for hydroxylation is 1. The Morgan fingerprint density at radius 1 is 1.30 bits per heavy atom. The van der Waals surface area contributed by atoms with E-state index < -0.39 is 5.60 Å². The number of likely N-dealkylation sites (N-methyl/N-ethyl adjacent to an activating group) is 1. The van der Waals surface area contributed by atoms with Crippen molar-refractivity contribution in [1.29, 1.82) is 0 Å². The number of aliphatic hydroxyl groups is 1. The van der Waals surface area contributed by atoms with Crippen LogP contribution >= 0.6 is 0 Å². The maximum absolute atomic E-state index is 12.1. The molecule has 0 unspecified atom stereocenters. The van der Waals surface area contributed by atoms with Crippen molar-refractivity contribution in [3.05, 3.63) is 35.9 Å². The Balaban J connectivity index is 1.79. The molecule has 0 radical (unpaired) electrons. The minimum Gasteiger partial charge on any atom is -0.388 e. The van der Waals surface area contributed by atoms with E-state index in [4.69, 9.17) is 4.74 Å². The summed E-state index contributed by atoms with van der Waals surface area (Å²) in [7, 11) is 1.76. The molecule has 20 heavy (non-hydrogen) atoms. The molecule has 1 fully saturated rings. The van der Waals surface area contributed by atoms with Gasteiger partial charge in [0.05, 0.1) is 5.60 Å². The van der Waals surface area contributed by atoms with Crippen LogP contribution in [0, 0.1) is 0 Å². The second-order valence-electron chi connectivity index (χ2n) is 5.57. The van der Waals surface area contributed by atoms with E-state index in [2.05, 4.69) is 0 Å². The maximum atomic E-state index is 12.1. The number of benzene rings is 1. The molecule has 1 aromatic rings. The summed E-state index contributed by atoms with van der Waals surface area (Å²) in [6.07, 6.45) is 2.42. The molecule has 4 nitrogen and oxygen atoms in total. The first-order valence-corrected chi connectivity index (χ1v) is 7.17. The molecule has 2 rings (SSSR count).